The van der Waals surface area contributed by atoms with Gasteiger partial charge in [0.05, 0.1) is 29.8 Å². The zero-order valence-corrected chi connectivity index (χ0v) is 14.6. The monoisotopic (exact) mass is 360 g/mol. The summed E-state index contributed by atoms with van der Waals surface area (Å²) in [5.41, 5.74) is 2.21. The zero-order valence-electron chi connectivity index (χ0n) is 14.6. The van der Waals surface area contributed by atoms with E-state index in [4.69, 9.17) is 9.26 Å². The number of nitro groups is 1. The summed E-state index contributed by atoms with van der Waals surface area (Å²) in [5.74, 6) is 0.361. The molecule has 2 N–H and O–H groups in total. The second-order valence-corrected chi connectivity index (χ2v) is 6.17. The molecular formula is C17H20N4O5. The number of aryl methyl sites for hydroxylation is 2. The molecule has 9 nitrogen and oxygen atoms in total. The van der Waals surface area contributed by atoms with Crippen molar-refractivity contribution in [2.45, 2.75) is 26.3 Å². The Morgan fingerprint density at radius 1 is 1.42 bits per heavy atom. The van der Waals surface area contributed by atoms with Gasteiger partial charge in [0.2, 0.25) is 5.91 Å². The first-order valence-corrected chi connectivity index (χ1v) is 8.28. The van der Waals surface area contributed by atoms with Crippen molar-refractivity contribution < 1.29 is 19.0 Å². The van der Waals surface area contributed by atoms with Crippen LogP contribution in [0.1, 0.15) is 17.9 Å². The van der Waals surface area contributed by atoms with Crippen LogP contribution in [0.4, 0.5) is 11.4 Å². The molecule has 0 radical (unpaired) electrons. The van der Waals surface area contributed by atoms with Crippen LogP contribution in [0.5, 0.6) is 0 Å². The Morgan fingerprint density at radius 3 is 2.85 bits per heavy atom. The van der Waals surface area contributed by atoms with Crippen molar-refractivity contribution in [2.24, 2.45) is 0 Å². The average Bonchev–Trinajstić information content (AvgIpc) is 3.23. The van der Waals surface area contributed by atoms with E-state index >= 15 is 0 Å². The maximum atomic E-state index is 12.0. The number of nitro benzene ring substituents is 1. The Labute approximate surface area is 149 Å². The lowest BCUT2D eigenvalue weighted by atomic mass is 10.0. The standard InChI is InChI=1S/C17H20N4O5/c1-10-17(11(2)26-20-10)12-3-4-14(15(7-12)21(23)24)18-8-16(22)19-13-5-6-25-9-13/h3-4,7,13,18H,5-6,8-9H2,1-2H3,(H,19,22). The first-order chi connectivity index (χ1) is 12.5. The third-order valence-corrected chi connectivity index (χ3v) is 4.25. The molecule has 0 aliphatic carbocycles. The predicted octanol–water partition coefficient (Wildman–Crippen LogP) is 2.18. The van der Waals surface area contributed by atoms with Crippen molar-refractivity contribution in [3.05, 3.63) is 39.8 Å². The first-order valence-electron chi connectivity index (χ1n) is 8.28. The summed E-state index contributed by atoms with van der Waals surface area (Å²) < 4.78 is 10.3. The molecule has 1 fully saturated rings. The number of aromatic nitrogens is 1. The van der Waals surface area contributed by atoms with Gasteiger partial charge >= 0.3 is 0 Å². The third-order valence-electron chi connectivity index (χ3n) is 4.25. The summed E-state index contributed by atoms with van der Waals surface area (Å²) in [7, 11) is 0. The summed E-state index contributed by atoms with van der Waals surface area (Å²) in [6.07, 6.45) is 0.776. The Bertz CT molecular complexity index is 807. The molecule has 0 bridgehead atoms. The van der Waals surface area contributed by atoms with E-state index in [0.717, 1.165) is 12.0 Å². The second-order valence-electron chi connectivity index (χ2n) is 6.17. The van der Waals surface area contributed by atoms with Crippen molar-refractivity contribution >= 4 is 17.3 Å². The topological polar surface area (TPSA) is 120 Å². The molecule has 1 unspecified atom stereocenters. The molecule has 1 aliphatic heterocycles. The fourth-order valence-electron chi connectivity index (χ4n) is 2.99. The van der Waals surface area contributed by atoms with Gasteiger partial charge in [-0.25, -0.2) is 0 Å². The van der Waals surface area contributed by atoms with Crippen molar-refractivity contribution in [1.29, 1.82) is 0 Å². The molecule has 0 saturated carbocycles. The van der Waals surface area contributed by atoms with Crippen molar-refractivity contribution in [3.8, 4) is 11.1 Å². The number of amides is 1. The highest BCUT2D eigenvalue weighted by atomic mass is 16.6. The van der Waals surface area contributed by atoms with Gasteiger partial charge in [0.1, 0.15) is 11.4 Å². The largest absolute Gasteiger partial charge is 0.379 e. The van der Waals surface area contributed by atoms with Gasteiger partial charge in [-0.05, 0) is 31.9 Å². The van der Waals surface area contributed by atoms with E-state index in [1.54, 1.807) is 26.0 Å². The Morgan fingerprint density at radius 2 is 2.23 bits per heavy atom. The molecule has 1 aliphatic rings. The van der Waals surface area contributed by atoms with Gasteiger partial charge < -0.3 is 19.9 Å². The molecule has 1 aromatic heterocycles. The van der Waals surface area contributed by atoms with Gasteiger partial charge in [-0.15, -0.1) is 0 Å². The molecular weight excluding hydrogens is 340 g/mol. The van der Waals surface area contributed by atoms with Crippen LogP contribution in [0.3, 0.4) is 0 Å². The van der Waals surface area contributed by atoms with E-state index < -0.39 is 4.92 Å². The van der Waals surface area contributed by atoms with E-state index in [0.29, 0.717) is 30.2 Å². The number of rotatable bonds is 6. The zero-order chi connectivity index (χ0) is 18.7. The number of benzene rings is 1. The highest BCUT2D eigenvalue weighted by Gasteiger charge is 2.21. The molecule has 1 amide bonds. The van der Waals surface area contributed by atoms with Crippen molar-refractivity contribution in [1.82, 2.24) is 10.5 Å². The molecule has 3 rings (SSSR count). The summed E-state index contributed by atoms with van der Waals surface area (Å²) in [6, 6.07) is 4.79. The number of ether oxygens (including phenoxy) is 1. The van der Waals surface area contributed by atoms with Crippen LogP contribution in [0.25, 0.3) is 11.1 Å². The summed E-state index contributed by atoms with van der Waals surface area (Å²) in [5, 5.41) is 21.0. The minimum atomic E-state index is -0.479. The molecule has 1 atom stereocenters. The van der Waals surface area contributed by atoms with Gasteiger partial charge in [0, 0.05) is 18.2 Å². The molecule has 1 aromatic carbocycles. The van der Waals surface area contributed by atoms with Gasteiger partial charge in [0.25, 0.3) is 5.69 Å². The van der Waals surface area contributed by atoms with Crippen LogP contribution in [0, 0.1) is 24.0 Å². The van der Waals surface area contributed by atoms with E-state index in [1.165, 1.54) is 6.07 Å². The minimum absolute atomic E-state index is 0.00111. The predicted molar refractivity (Wildman–Crippen MR) is 93.9 cm³/mol. The van der Waals surface area contributed by atoms with Crippen LogP contribution < -0.4 is 10.6 Å². The minimum Gasteiger partial charge on any atom is -0.379 e. The van der Waals surface area contributed by atoms with Gasteiger partial charge in [-0.2, -0.15) is 0 Å². The second kappa shape index (κ2) is 7.52. The van der Waals surface area contributed by atoms with E-state index in [2.05, 4.69) is 15.8 Å². The SMILES string of the molecule is Cc1noc(C)c1-c1ccc(NCC(=O)NC2CCOC2)c([N+](=O)[O-])c1. The number of carbonyl (C=O) groups is 1. The molecule has 138 valence electrons. The quantitative estimate of drug-likeness (QED) is 0.598. The molecule has 2 heterocycles. The molecule has 26 heavy (non-hydrogen) atoms. The Hall–Kier alpha value is -2.94. The molecule has 0 spiro atoms. The number of nitrogens with zero attached hydrogens (tertiary/aromatic N) is 2. The number of carbonyl (C=O) groups excluding carboxylic acids is 1. The number of hydrogen-bond donors (Lipinski definition) is 2. The van der Waals surface area contributed by atoms with Crippen LogP contribution in [-0.2, 0) is 9.53 Å². The smallest absolute Gasteiger partial charge is 0.292 e. The van der Waals surface area contributed by atoms with E-state index in [9.17, 15) is 14.9 Å². The Kier molecular flexibility index (Phi) is 5.17. The normalized spacial score (nSPS) is 16.5. The molecule has 1 saturated heterocycles. The third kappa shape index (κ3) is 3.83. The summed E-state index contributed by atoms with van der Waals surface area (Å²) in [4.78, 5) is 22.9. The molecule has 2 aromatic rings. The van der Waals surface area contributed by atoms with Crippen LogP contribution in [-0.4, -0.2) is 41.8 Å². The lowest BCUT2D eigenvalue weighted by Gasteiger charge is -2.12. The fraction of sp³-hybridized carbons (Fsp3) is 0.412. The Balaban J connectivity index is 1.75. The van der Waals surface area contributed by atoms with Gasteiger partial charge in [-0.1, -0.05) is 11.2 Å². The summed E-state index contributed by atoms with van der Waals surface area (Å²) >= 11 is 0. The number of anilines is 1. The highest BCUT2D eigenvalue weighted by Crippen LogP contribution is 2.33. The van der Waals surface area contributed by atoms with Crippen LogP contribution in [0.2, 0.25) is 0 Å². The average molecular weight is 360 g/mol. The first kappa shape index (κ1) is 17.9. The molecule has 9 heteroatoms. The fourth-order valence-corrected chi connectivity index (χ4v) is 2.99. The maximum Gasteiger partial charge on any atom is 0.292 e. The van der Waals surface area contributed by atoms with E-state index in [1.807, 2.05) is 0 Å². The van der Waals surface area contributed by atoms with Crippen LogP contribution >= 0.6 is 0 Å². The lowest BCUT2D eigenvalue weighted by Crippen LogP contribution is -2.38. The number of nitrogens with one attached hydrogen (secondary N) is 2. The van der Waals surface area contributed by atoms with E-state index in [-0.39, 0.29) is 29.9 Å². The van der Waals surface area contributed by atoms with Crippen molar-refractivity contribution in [2.75, 3.05) is 25.1 Å². The maximum absolute atomic E-state index is 12.0. The summed E-state index contributed by atoms with van der Waals surface area (Å²) in [6.45, 7) is 4.61. The van der Waals surface area contributed by atoms with Gasteiger partial charge in [0.15, 0.2) is 0 Å². The van der Waals surface area contributed by atoms with Gasteiger partial charge in [-0.3, -0.25) is 14.9 Å². The van der Waals surface area contributed by atoms with Crippen LogP contribution in [0.15, 0.2) is 22.7 Å². The van der Waals surface area contributed by atoms with Crippen molar-refractivity contribution in [3.63, 3.8) is 0 Å². The number of hydrogen-bond acceptors (Lipinski definition) is 7. The lowest BCUT2D eigenvalue weighted by molar-refractivity contribution is -0.383. The highest BCUT2D eigenvalue weighted by molar-refractivity contribution is 5.83.